The van der Waals surface area contributed by atoms with E-state index in [4.69, 9.17) is 5.73 Å². The fourth-order valence-electron chi connectivity index (χ4n) is 1.44. The zero-order chi connectivity index (χ0) is 11.5. The number of aromatic nitrogens is 2. The average molecular weight is 209 g/mol. The lowest BCUT2D eigenvalue weighted by Gasteiger charge is -2.28. The van der Waals surface area contributed by atoms with Crippen molar-refractivity contribution < 1.29 is 0 Å². The van der Waals surface area contributed by atoms with Gasteiger partial charge in [0.05, 0.1) is 6.33 Å². The van der Waals surface area contributed by atoms with Gasteiger partial charge in [-0.15, -0.1) is 0 Å². The van der Waals surface area contributed by atoms with E-state index in [2.05, 4.69) is 37.2 Å². The minimum atomic E-state index is 0.338. The van der Waals surface area contributed by atoms with Crippen LogP contribution in [-0.4, -0.2) is 16.1 Å². The van der Waals surface area contributed by atoms with Gasteiger partial charge in [-0.1, -0.05) is 27.7 Å². The predicted molar refractivity (Wildman–Crippen MR) is 63.6 cm³/mol. The molecule has 1 rings (SSSR count). The van der Waals surface area contributed by atoms with E-state index in [1.165, 1.54) is 5.69 Å². The van der Waals surface area contributed by atoms with Crippen LogP contribution in [0, 0.1) is 11.3 Å². The summed E-state index contributed by atoms with van der Waals surface area (Å²) in [5.74, 6) is 0.628. The van der Waals surface area contributed by atoms with Gasteiger partial charge in [0, 0.05) is 24.9 Å². The van der Waals surface area contributed by atoms with Gasteiger partial charge >= 0.3 is 0 Å². The van der Waals surface area contributed by atoms with Crippen LogP contribution in [0.5, 0.6) is 0 Å². The molecule has 0 saturated carbocycles. The summed E-state index contributed by atoms with van der Waals surface area (Å²) >= 11 is 0. The molecule has 0 saturated heterocycles. The van der Waals surface area contributed by atoms with E-state index < -0.39 is 0 Å². The first-order valence-electron chi connectivity index (χ1n) is 5.64. The lowest BCUT2D eigenvalue weighted by atomic mass is 9.82. The lowest BCUT2D eigenvalue weighted by Crippen LogP contribution is -2.23. The molecule has 3 heteroatoms. The summed E-state index contributed by atoms with van der Waals surface area (Å²) in [5, 5.41) is 0. The van der Waals surface area contributed by atoms with Crippen molar-refractivity contribution in [2.45, 2.75) is 40.7 Å². The molecule has 0 spiro atoms. The highest BCUT2D eigenvalue weighted by atomic mass is 15.0. The van der Waals surface area contributed by atoms with Crippen molar-refractivity contribution in [2.75, 3.05) is 6.54 Å². The van der Waals surface area contributed by atoms with Crippen LogP contribution in [-0.2, 0) is 13.0 Å². The van der Waals surface area contributed by atoms with Gasteiger partial charge in [-0.3, -0.25) is 0 Å². The molecule has 0 aromatic carbocycles. The Morgan fingerprint density at radius 3 is 2.67 bits per heavy atom. The Labute approximate surface area is 92.7 Å². The third-order valence-corrected chi connectivity index (χ3v) is 3.15. The fourth-order valence-corrected chi connectivity index (χ4v) is 1.44. The van der Waals surface area contributed by atoms with Gasteiger partial charge in [-0.25, -0.2) is 4.98 Å². The topological polar surface area (TPSA) is 43.8 Å². The van der Waals surface area contributed by atoms with Crippen molar-refractivity contribution in [3.63, 3.8) is 0 Å². The highest BCUT2D eigenvalue weighted by molar-refractivity contribution is 4.99. The van der Waals surface area contributed by atoms with Gasteiger partial charge in [0.15, 0.2) is 0 Å². The fraction of sp³-hybridized carbons (Fsp3) is 0.750. The molecule has 0 aliphatic carbocycles. The van der Waals surface area contributed by atoms with Crippen molar-refractivity contribution in [3.8, 4) is 0 Å². The van der Waals surface area contributed by atoms with Gasteiger partial charge in [0.25, 0.3) is 0 Å². The second-order valence-corrected chi connectivity index (χ2v) is 5.34. The Kier molecular flexibility index (Phi) is 3.91. The molecule has 1 aromatic heterocycles. The maximum atomic E-state index is 5.56. The summed E-state index contributed by atoms with van der Waals surface area (Å²) in [6.07, 6.45) is 4.74. The molecular weight excluding hydrogens is 186 g/mol. The molecule has 0 amide bonds. The van der Waals surface area contributed by atoms with Crippen LogP contribution < -0.4 is 5.73 Å². The van der Waals surface area contributed by atoms with Crippen molar-refractivity contribution in [3.05, 3.63) is 18.2 Å². The maximum Gasteiger partial charge on any atom is 0.0948 e. The molecule has 1 heterocycles. The molecule has 86 valence electrons. The largest absolute Gasteiger partial charge is 0.334 e. The Balaban J connectivity index is 2.68. The molecule has 0 fully saturated rings. The standard InChI is InChI=1S/C12H23N3/c1-10(12(2,3)4)8-15-9-14-7-11(15)5-6-13/h7,9-10H,5-6,8,13H2,1-4H3. The zero-order valence-electron chi connectivity index (χ0n) is 10.3. The number of nitrogens with zero attached hydrogens (tertiary/aromatic N) is 2. The minimum absolute atomic E-state index is 0.338. The molecule has 2 N–H and O–H groups in total. The normalized spacial score (nSPS) is 14.2. The molecule has 0 aliphatic heterocycles. The summed E-state index contributed by atoms with van der Waals surface area (Å²) in [5.41, 5.74) is 7.15. The summed E-state index contributed by atoms with van der Waals surface area (Å²) in [7, 11) is 0. The summed E-state index contributed by atoms with van der Waals surface area (Å²) in [6.45, 7) is 10.8. The number of rotatable bonds is 4. The smallest absolute Gasteiger partial charge is 0.0948 e. The van der Waals surface area contributed by atoms with Gasteiger partial charge < -0.3 is 10.3 Å². The molecular formula is C12H23N3. The van der Waals surface area contributed by atoms with Crippen LogP contribution >= 0.6 is 0 Å². The molecule has 0 radical (unpaired) electrons. The molecule has 1 aromatic rings. The molecule has 1 unspecified atom stereocenters. The second kappa shape index (κ2) is 4.79. The molecule has 0 bridgehead atoms. The minimum Gasteiger partial charge on any atom is -0.334 e. The average Bonchev–Trinajstić information content (AvgIpc) is 2.52. The Bertz CT molecular complexity index is 296. The van der Waals surface area contributed by atoms with E-state index in [0.29, 0.717) is 17.9 Å². The van der Waals surface area contributed by atoms with E-state index in [0.717, 1.165) is 13.0 Å². The SMILES string of the molecule is CC(Cn1cncc1CCN)C(C)(C)C. The van der Waals surface area contributed by atoms with Crippen molar-refractivity contribution >= 4 is 0 Å². The zero-order valence-corrected chi connectivity index (χ0v) is 10.3. The van der Waals surface area contributed by atoms with Crippen LogP contribution in [0.15, 0.2) is 12.5 Å². The van der Waals surface area contributed by atoms with Crippen molar-refractivity contribution in [1.29, 1.82) is 0 Å². The predicted octanol–water partition coefficient (Wildman–Crippen LogP) is 2.07. The molecule has 15 heavy (non-hydrogen) atoms. The lowest BCUT2D eigenvalue weighted by molar-refractivity contribution is 0.231. The van der Waals surface area contributed by atoms with E-state index in [1.807, 2.05) is 12.5 Å². The van der Waals surface area contributed by atoms with Crippen LogP contribution in [0.25, 0.3) is 0 Å². The van der Waals surface area contributed by atoms with Crippen LogP contribution in [0.1, 0.15) is 33.4 Å². The second-order valence-electron chi connectivity index (χ2n) is 5.34. The van der Waals surface area contributed by atoms with Gasteiger partial charge in [-0.2, -0.15) is 0 Å². The number of nitrogens with two attached hydrogens (primary N) is 1. The van der Waals surface area contributed by atoms with E-state index in [1.54, 1.807) is 0 Å². The number of hydrogen-bond donors (Lipinski definition) is 1. The first-order valence-corrected chi connectivity index (χ1v) is 5.64. The third-order valence-electron chi connectivity index (χ3n) is 3.15. The highest BCUT2D eigenvalue weighted by Gasteiger charge is 2.20. The van der Waals surface area contributed by atoms with Crippen LogP contribution in [0.3, 0.4) is 0 Å². The first kappa shape index (κ1) is 12.2. The quantitative estimate of drug-likeness (QED) is 0.825. The third kappa shape index (κ3) is 3.34. The first-order chi connectivity index (χ1) is 6.95. The summed E-state index contributed by atoms with van der Waals surface area (Å²) < 4.78 is 2.22. The molecule has 0 aliphatic rings. The monoisotopic (exact) mass is 209 g/mol. The Hall–Kier alpha value is -0.830. The molecule has 3 nitrogen and oxygen atoms in total. The van der Waals surface area contributed by atoms with E-state index in [9.17, 15) is 0 Å². The summed E-state index contributed by atoms with van der Waals surface area (Å²) in [6, 6.07) is 0. The van der Waals surface area contributed by atoms with E-state index in [-0.39, 0.29) is 0 Å². The van der Waals surface area contributed by atoms with Crippen LogP contribution in [0.2, 0.25) is 0 Å². The Morgan fingerprint density at radius 1 is 1.47 bits per heavy atom. The number of imidazole rings is 1. The van der Waals surface area contributed by atoms with Crippen LogP contribution in [0.4, 0.5) is 0 Å². The number of hydrogen-bond acceptors (Lipinski definition) is 2. The maximum absolute atomic E-state index is 5.56. The Morgan fingerprint density at radius 2 is 2.13 bits per heavy atom. The van der Waals surface area contributed by atoms with Crippen molar-refractivity contribution in [1.82, 2.24) is 9.55 Å². The van der Waals surface area contributed by atoms with Gasteiger partial charge in [-0.05, 0) is 17.9 Å². The highest BCUT2D eigenvalue weighted by Crippen LogP contribution is 2.26. The van der Waals surface area contributed by atoms with Gasteiger partial charge in [0.2, 0.25) is 0 Å². The van der Waals surface area contributed by atoms with Crippen molar-refractivity contribution in [2.24, 2.45) is 17.1 Å². The molecule has 1 atom stereocenters. The summed E-state index contributed by atoms with van der Waals surface area (Å²) in [4.78, 5) is 4.18. The van der Waals surface area contributed by atoms with E-state index >= 15 is 0 Å². The van der Waals surface area contributed by atoms with Gasteiger partial charge in [0.1, 0.15) is 0 Å².